The lowest BCUT2D eigenvalue weighted by Crippen LogP contribution is -2.45. The molecular formula is C23H31N3O4. The molecule has 0 aliphatic rings. The molecule has 0 saturated carbocycles. The number of rotatable bonds is 10. The van der Waals surface area contributed by atoms with Gasteiger partial charge >= 0.3 is 6.03 Å². The normalized spacial score (nSPS) is 12.5. The standard InChI is InChI=1S/C23H31N3O4/c1-5-24-23(28)26-22(27)21(17-11-9-8-10-12-17)25-16(4)18-13-14-19(29-6-2)20(15-18)30-7-3/h8-16,21,25H,5-7H2,1-4H3,(H2,24,26,27,28)/t16-,21+/m0/s1. The van der Waals surface area contributed by atoms with Gasteiger partial charge in [-0.25, -0.2) is 4.79 Å². The van der Waals surface area contributed by atoms with Gasteiger partial charge in [0.05, 0.1) is 13.2 Å². The number of carbonyl (C=O) groups is 2. The van der Waals surface area contributed by atoms with Gasteiger partial charge in [0.15, 0.2) is 11.5 Å². The van der Waals surface area contributed by atoms with Gasteiger partial charge in [-0.2, -0.15) is 0 Å². The van der Waals surface area contributed by atoms with E-state index in [0.717, 1.165) is 11.1 Å². The average molecular weight is 414 g/mol. The zero-order valence-electron chi connectivity index (χ0n) is 18.0. The third kappa shape index (κ3) is 6.49. The van der Waals surface area contributed by atoms with Gasteiger partial charge in [0, 0.05) is 12.6 Å². The molecule has 3 amide bonds. The largest absolute Gasteiger partial charge is 0.490 e. The highest BCUT2D eigenvalue weighted by Gasteiger charge is 2.24. The fourth-order valence-electron chi connectivity index (χ4n) is 3.04. The molecule has 0 fully saturated rings. The Morgan fingerprint density at radius 3 is 2.20 bits per heavy atom. The zero-order chi connectivity index (χ0) is 21.9. The Kier molecular flexibility index (Phi) is 9.15. The highest BCUT2D eigenvalue weighted by molar-refractivity contribution is 5.97. The monoisotopic (exact) mass is 413 g/mol. The highest BCUT2D eigenvalue weighted by atomic mass is 16.5. The number of imide groups is 1. The van der Waals surface area contributed by atoms with Crippen molar-refractivity contribution in [3.63, 3.8) is 0 Å². The number of amides is 3. The smallest absolute Gasteiger partial charge is 0.321 e. The summed E-state index contributed by atoms with van der Waals surface area (Å²) in [6.07, 6.45) is 0. The molecule has 2 rings (SSSR count). The lowest BCUT2D eigenvalue weighted by molar-refractivity contribution is -0.122. The van der Waals surface area contributed by atoms with E-state index in [-0.39, 0.29) is 6.04 Å². The summed E-state index contributed by atoms with van der Waals surface area (Å²) in [5.74, 6) is 0.924. The SMILES string of the molecule is CCNC(=O)NC(=O)[C@H](N[C@@H](C)c1ccc(OCC)c(OCC)c1)c1ccccc1. The van der Waals surface area contributed by atoms with Crippen LogP contribution in [-0.4, -0.2) is 31.7 Å². The third-order valence-corrected chi connectivity index (χ3v) is 4.45. The van der Waals surface area contributed by atoms with Crippen LogP contribution in [0.4, 0.5) is 4.79 Å². The quantitative estimate of drug-likeness (QED) is 0.552. The summed E-state index contributed by atoms with van der Waals surface area (Å²) in [6, 6.07) is 13.6. The van der Waals surface area contributed by atoms with Crippen LogP contribution in [0.25, 0.3) is 0 Å². The lowest BCUT2D eigenvalue weighted by Gasteiger charge is -2.24. The van der Waals surface area contributed by atoms with Crippen LogP contribution < -0.4 is 25.4 Å². The fraction of sp³-hybridized carbons (Fsp3) is 0.391. The molecule has 2 atom stereocenters. The van der Waals surface area contributed by atoms with Gasteiger partial charge in [-0.15, -0.1) is 0 Å². The molecule has 162 valence electrons. The van der Waals surface area contributed by atoms with Crippen LogP contribution in [0.5, 0.6) is 11.5 Å². The Morgan fingerprint density at radius 2 is 1.57 bits per heavy atom. The van der Waals surface area contributed by atoms with Crippen molar-refractivity contribution in [2.75, 3.05) is 19.8 Å². The molecule has 0 aliphatic heterocycles. The Morgan fingerprint density at radius 1 is 0.900 bits per heavy atom. The molecule has 0 aliphatic carbocycles. The predicted octanol–water partition coefficient (Wildman–Crippen LogP) is 3.72. The van der Waals surface area contributed by atoms with Crippen LogP contribution in [0.15, 0.2) is 48.5 Å². The summed E-state index contributed by atoms with van der Waals surface area (Å²) in [6.45, 7) is 9.09. The highest BCUT2D eigenvalue weighted by Crippen LogP contribution is 2.31. The van der Waals surface area contributed by atoms with Crippen LogP contribution in [0.2, 0.25) is 0 Å². The molecule has 30 heavy (non-hydrogen) atoms. The summed E-state index contributed by atoms with van der Waals surface area (Å²) in [5, 5.41) is 8.31. The predicted molar refractivity (Wildman–Crippen MR) is 117 cm³/mol. The van der Waals surface area contributed by atoms with Gasteiger partial charge in [0.1, 0.15) is 6.04 Å². The lowest BCUT2D eigenvalue weighted by atomic mass is 10.0. The maximum absolute atomic E-state index is 12.8. The number of hydrogen-bond acceptors (Lipinski definition) is 5. The van der Waals surface area contributed by atoms with E-state index < -0.39 is 18.0 Å². The van der Waals surface area contributed by atoms with Crippen molar-refractivity contribution in [2.45, 2.75) is 39.8 Å². The van der Waals surface area contributed by atoms with Gasteiger partial charge in [-0.05, 0) is 51.0 Å². The minimum absolute atomic E-state index is 0.190. The van der Waals surface area contributed by atoms with Crippen LogP contribution >= 0.6 is 0 Å². The maximum Gasteiger partial charge on any atom is 0.321 e. The second-order valence-electron chi connectivity index (χ2n) is 6.65. The van der Waals surface area contributed by atoms with Gasteiger partial charge in [-0.1, -0.05) is 36.4 Å². The first-order valence-electron chi connectivity index (χ1n) is 10.3. The molecule has 0 spiro atoms. The summed E-state index contributed by atoms with van der Waals surface area (Å²) in [5.41, 5.74) is 1.70. The second kappa shape index (κ2) is 11.8. The minimum Gasteiger partial charge on any atom is -0.490 e. The van der Waals surface area contributed by atoms with E-state index in [2.05, 4.69) is 16.0 Å². The van der Waals surface area contributed by atoms with E-state index in [1.165, 1.54) is 0 Å². The van der Waals surface area contributed by atoms with Crippen molar-refractivity contribution in [2.24, 2.45) is 0 Å². The molecular weight excluding hydrogens is 382 g/mol. The molecule has 0 saturated heterocycles. The van der Waals surface area contributed by atoms with Crippen molar-refractivity contribution in [3.8, 4) is 11.5 Å². The molecule has 0 heterocycles. The van der Waals surface area contributed by atoms with Gasteiger partial charge in [0.25, 0.3) is 0 Å². The molecule has 7 nitrogen and oxygen atoms in total. The molecule has 7 heteroatoms. The van der Waals surface area contributed by atoms with Crippen LogP contribution in [0.1, 0.15) is 50.9 Å². The van der Waals surface area contributed by atoms with Gasteiger partial charge in [0.2, 0.25) is 5.91 Å². The summed E-state index contributed by atoms with van der Waals surface area (Å²) in [7, 11) is 0. The van der Waals surface area contributed by atoms with E-state index in [4.69, 9.17) is 9.47 Å². The summed E-state index contributed by atoms with van der Waals surface area (Å²) < 4.78 is 11.3. The van der Waals surface area contributed by atoms with Gasteiger partial charge < -0.3 is 14.8 Å². The first-order chi connectivity index (χ1) is 14.5. The molecule has 0 radical (unpaired) electrons. The molecule has 0 aromatic heterocycles. The van der Waals surface area contributed by atoms with E-state index in [1.807, 2.05) is 69.3 Å². The summed E-state index contributed by atoms with van der Waals surface area (Å²) in [4.78, 5) is 24.7. The number of carbonyl (C=O) groups excluding carboxylic acids is 2. The molecule has 0 bridgehead atoms. The Bertz CT molecular complexity index is 826. The first-order valence-corrected chi connectivity index (χ1v) is 10.3. The Balaban J connectivity index is 2.25. The van der Waals surface area contributed by atoms with Crippen LogP contribution in [-0.2, 0) is 4.79 Å². The molecule has 2 aromatic carbocycles. The van der Waals surface area contributed by atoms with E-state index in [1.54, 1.807) is 6.92 Å². The Hall–Kier alpha value is -3.06. The van der Waals surface area contributed by atoms with E-state index >= 15 is 0 Å². The number of urea groups is 1. The van der Waals surface area contributed by atoms with E-state index in [9.17, 15) is 9.59 Å². The number of benzene rings is 2. The Labute approximate surface area is 178 Å². The summed E-state index contributed by atoms with van der Waals surface area (Å²) >= 11 is 0. The van der Waals surface area contributed by atoms with Crippen molar-refractivity contribution in [1.82, 2.24) is 16.0 Å². The van der Waals surface area contributed by atoms with Crippen LogP contribution in [0, 0.1) is 0 Å². The van der Waals surface area contributed by atoms with Gasteiger partial charge in [-0.3, -0.25) is 15.4 Å². The number of ether oxygens (including phenoxy) is 2. The van der Waals surface area contributed by atoms with Crippen molar-refractivity contribution in [3.05, 3.63) is 59.7 Å². The van der Waals surface area contributed by atoms with Crippen LogP contribution in [0.3, 0.4) is 0 Å². The molecule has 3 N–H and O–H groups in total. The second-order valence-corrected chi connectivity index (χ2v) is 6.65. The first kappa shape index (κ1) is 23.2. The molecule has 2 aromatic rings. The fourth-order valence-corrected chi connectivity index (χ4v) is 3.04. The van der Waals surface area contributed by atoms with E-state index in [0.29, 0.717) is 31.3 Å². The third-order valence-electron chi connectivity index (χ3n) is 4.45. The molecule has 0 unspecified atom stereocenters. The minimum atomic E-state index is -0.703. The average Bonchev–Trinajstić information content (AvgIpc) is 2.74. The maximum atomic E-state index is 12.8. The number of hydrogen-bond donors (Lipinski definition) is 3. The zero-order valence-corrected chi connectivity index (χ0v) is 18.0. The van der Waals surface area contributed by atoms with Crippen molar-refractivity contribution in [1.29, 1.82) is 0 Å². The number of nitrogens with one attached hydrogen (secondary N) is 3. The topological polar surface area (TPSA) is 88.7 Å². The van der Waals surface area contributed by atoms with Crippen molar-refractivity contribution >= 4 is 11.9 Å². The van der Waals surface area contributed by atoms with Crippen molar-refractivity contribution < 1.29 is 19.1 Å².